The number of sulfonamides is 1. The summed E-state index contributed by atoms with van der Waals surface area (Å²) < 4.78 is 26.0. The van der Waals surface area contributed by atoms with Crippen LogP contribution < -0.4 is 5.32 Å². The van der Waals surface area contributed by atoms with Gasteiger partial charge in [0.1, 0.15) is 0 Å². The number of hydrogen-bond acceptors (Lipinski definition) is 3. The van der Waals surface area contributed by atoms with Gasteiger partial charge in [-0.25, -0.2) is 8.42 Å². The lowest BCUT2D eigenvalue weighted by Gasteiger charge is -2.30. The van der Waals surface area contributed by atoms with Gasteiger partial charge in [-0.2, -0.15) is 4.31 Å². The van der Waals surface area contributed by atoms with Gasteiger partial charge < -0.3 is 5.32 Å². The fourth-order valence-electron chi connectivity index (χ4n) is 1.86. The van der Waals surface area contributed by atoms with Crippen LogP contribution in [-0.4, -0.2) is 38.4 Å². The number of benzene rings is 1. The van der Waals surface area contributed by atoms with E-state index >= 15 is 0 Å². The number of nitrogens with one attached hydrogen (secondary N) is 1. The molecule has 1 saturated heterocycles. The molecular weight excluding hydrogens is 224 g/mol. The van der Waals surface area contributed by atoms with Crippen molar-refractivity contribution in [1.82, 2.24) is 9.62 Å². The summed E-state index contributed by atoms with van der Waals surface area (Å²) in [6, 6.07) is 8.81. The van der Waals surface area contributed by atoms with Crippen LogP contribution in [0.15, 0.2) is 35.2 Å². The molecule has 1 aliphatic rings. The minimum absolute atomic E-state index is 0.215. The monoisotopic (exact) mass is 240 g/mol. The minimum Gasteiger partial charge on any atom is -0.312 e. The zero-order valence-corrected chi connectivity index (χ0v) is 10.1. The van der Waals surface area contributed by atoms with E-state index < -0.39 is 10.0 Å². The molecule has 16 heavy (non-hydrogen) atoms. The highest BCUT2D eigenvalue weighted by molar-refractivity contribution is 7.89. The van der Waals surface area contributed by atoms with Crippen LogP contribution in [0, 0.1) is 0 Å². The van der Waals surface area contributed by atoms with Gasteiger partial charge in [0.15, 0.2) is 0 Å². The van der Waals surface area contributed by atoms with E-state index in [4.69, 9.17) is 0 Å². The fourth-order valence-corrected chi connectivity index (χ4v) is 3.41. The highest BCUT2D eigenvalue weighted by Crippen LogP contribution is 2.16. The van der Waals surface area contributed by atoms with Crippen LogP contribution in [0.2, 0.25) is 0 Å². The molecule has 5 heteroatoms. The number of hydrogen-bond donors (Lipinski definition) is 1. The molecule has 1 aliphatic heterocycles. The van der Waals surface area contributed by atoms with Crippen molar-refractivity contribution >= 4 is 10.0 Å². The molecule has 1 aromatic carbocycles. The predicted molar refractivity (Wildman–Crippen MR) is 62.7 cm³/mol. The Labute approximate surface area is 96.3 Å². The highest BCUT2D eigenvalue weighted by atomic mass is 32.2. The summed E-state index contributed by atoms with van der Waals surface area (Å²) in [7, 11) is -3.30. The van der Waals surface area contributed by atoms with Crippen LogP contribution in [0.5, 0.6) is 0 Å². The third-order valence-electron chi connectivity index (χ3n) is 2.71. The van der Waals surface area contributed by atoms with Gasteiger partial charge in [0.05, 0.1) is 4.90 Å². The SMILES string of the molecule is C[C@@H]1CN(S(=O)(=O)c2ccccc2)CCN1. The Hall–Kier alpha value is -0.910. The Bertz CT molecular complexity index is 444. The topological polar surface area (TPSA) is 49.4 Å². The molecule has 0 aromatic heterocycles. The summed E-state index contributed by atoms with van der Waals surface area (Å²) in [5.74, 6) is 0. The maximum Gasteiger partial charge on any atom is 0.243 e. The van der Waals surface area contributed by atoms with Gasteiger partial charge in [-0.1, -0.05) is 18.2 Å². The van der Waals surface area contributed by atoms with Crippen molar-refractivity contribution in [1.29, 1.82) is 0 Å². The van der Waals surface area contributed by atoms with Crippen molar-refractivity contribution in [3.05, 3.63) is 30.3 Å². The van der Waals surface area contributed by atoms with E-state index in [1.54, 1.807) is 28.6 Å². The van der Waals surface area contributed by atoms with Gasteiger partial charge in [0.2, 0.25) is 10.0 Å². The Balaban J connectivity index is 2.26. The predicted octanol–water partition coefficient (Wildman–Crippen LogP) is 0.669. The summed E-state index contributed by atoms with van der Waals surface area (Å²) >= 11 is 0. The molecule has 1 atom stereocenters. The van der Waals surface area contributed by atoms with Crippen molar-refractivity contribution < 1.29 is 8.42 Å². The second kappa shape index (κ2) is 4.53. The Morgan fingerprint density at radius 2 is 2.00 bits per heavy atom. The van der Waals surface area contributed by atoms with Crippen molar-refractivity contribution in [3.63, 3.8) is 0 Å². The van der Waals surface area contributed by atoms with E-state index in [1.807, 2.05) is 13.0 Å². The zero-order valence-electron chi connectivity index (χ0n) is 9.26. The number of nitrogens with zero attached hydrogens (tertiary/aromatic N) is 1. The van der Waals surface area contributed by atoms with Gasteiger partial charge in [-0.15, -0.1) is 0 Å². The van der Waals surface area contributed by atoms with Crippen molar-refractivity contribution in [2.45, 2.75) is 17.9 Å². The van der Waals surface area contributed by atoms with Gasteiger partial charge in [0.25, 0.3) is 0 Å². The van der Waals surface area contributed by atoms with Gasteiger partial charge in [0, 0.05) is 25.7 Å². The molecule has 0 saturated carbocycles. The Morgan fingerprint density at radius 1 is 1.31 bits per heavy atom. The third-order valence-corrected chi connectivity index (χ3v) is 4.59. The lowest BCUT2D eigenvalue weighted by atomic mass is 10.3. The second-order valence-electron chi connectivity index (χ2n) is 4.03. The summed E-state index contributed by atoms with van der Waals surface area (Å²) in [5.41, 5.74) is 0. The van der Waals surface area contributed by atoms with Crippen molar-refractivity contribution in [2.24, 2.45) is 0 Å². The molecule has 1 heterocycles. The molecule has 0 bridgehead atoms. The van der Waals surface area contributed by atoms with Crippen molar-refractivity contribution in [3.8, 4) is 0 Å². The molecule has 0 amide bonds. The molecule has 2 rings (SSSR count). The van der Waals surface area contributed by atoms with Gasteiger partial charge in [-0.05, 0) is 19.1 Å². The van der Waals surface area contributed by atoms with E-state index in [9.17, 15) is 8.42 Å². The number of rotatable bonds is 2. The summed E-state index contributed by atoms with van der Waals surface area (Å²) in [6.45, 7) is 3.79. The zero-order chi connectivity index (χ0) is 11.6. The summed E-state index contributed by atoms with van der Waals surface area (Å²) in [6.07, 6.45) is 0. The maximum atomic E-state index is 12.2. The maximum absolute atomic E-state index is 12.2. The summed E-state index contributed by atoms with van der Waals surface area (Å²) in [4.78, 5) is 0.379. The molecule has 4 nitrogen and oxygen atoms in total. The Morgan fingerprint density at radius 3 is 2.62 bits per heavy atom. The van der Waals surface area contributed by atoms with Crippen LogP contribution in [0.3, 0.4) is 0 Å². The molecule has 1 fully saturated rings. The van der Waals surface area contributed by atoms with Crippen molar-refractivity contribution in [2.75, 3.05) is 19.6 Å². The first-order valence-corrected chi connectivity index (χ1v) is 6.83. The van der Waals surface area contributed by atoms with Crippen LogP contribution >= 0.6 is 0 Å². The lowest BCUT2D eigenvalue weighted by Crippen LogP contribution is -2.51. The van der Waals surface area contributed by atoms with E-state index in [0.717, 1.165) is 0 Å². The molecule has 0 aliphatic carbocycles. The normalized spacial score (nSPS) is 23.2. The van der Waals surface area contributed by atoms with E-state index in [-0.39, 0.29) is 6.04 Å². The first-order chi connectivity index (χ1) is 7.60. The minimum atomic E-state index is -3.30. The molecule has 88 valence electrons. The smallest absolute Gasteiger partial charge is 0.243 e. The van der Waals surface area contributed by atoms with Crippen LogP contribution in [0.25, 0.3) is 0 Å². The van der Waals surface area contributed by atoms with Gasteiger partial charge >= 0.3 is 0 Å². The number of piperazine rings is 1. The summed E-state index contributed by atoms with van der Waals surface area (Å²) in [5, 5.41) is 3.23. The molecule has 0 unspecified atom stereocenters. The third kappa shape index (κ3) is 2.26. The van der Waals surface area contributed by atoms with E-state index in [0.29, 0.717) is 24.5 Å². The fraction of sp³-hybridized carbons (Fsp3) is 0.455. The molecule has 1 aromatic rings. The molecule has 1 N–H and O–H groups in total. The Kier molecular flexibility index (Phi) is 3.28. The lowest BCUT2D eigenvalue weighted by molar-refractivity contribution is 0.310. The van der Waals surface area contributed by atoms with E-state index in [2.05, 4.69) is 5.32 Å². The molecule has 0 spiro atoms. The van der Waals surface area contributed by atoms with Crippen LogP contribution in [0.1, 0.15) is 6.92 Å². The first-order valence-electron chi connectivity index (χ1n) is 5.39. The molecule has 0 radical (unpaired) electrons. The highest BCUT2D eigenvalue weighted by Gasteiger charge is 2.27. The van der Waals surface area contributed by atoms with Crippen LogP contribution in [-0.2, 0) is 10.0 Å². The average molecular weight is 240 g/mol. The van der Waals surface area contributed by atoms with Gasteiger partial charge in [-0.3, -0.25) is 0 Å². The first kappa shape index (κ1) is 11.6. The second-order valence-corrected chi connectivity index (χ2v) is 5.97. The standard InChI is InChI=1S/C11H16N2O2S/c1-10-9-13(8-7-12-10)16(14,15)11-5-3-2-4-6-11/h2-6,10,12H,7-9H2,1H3/t10-/m1/s1. The quantitative estimate of drug-likeness (QED) is 0.826. The molecular formula is C11H16N2O2S. The largest absolute Gasteiger partial charge is 0.312 e. The van der Waals surface area contributed by atoms with E-state index in [1.165, 1.54) is 0 Å². The average Bonchev–Trinajstić information content (AvgIpc) is 2.30. The van der Waals surface area contributed by atoms with Crippen LogP contribution in [0.4, 0.5) is 0 Å².